The minimum absolute atomic E-state index is 0.00586. The van der Waals surface area contributed by atoms with Crippen LogP contribution in [-0.4, -0.2) is 17.5 Å². The quantitative estimate of drug-likeness (QED) is 0.592. The van der Waals surface area contributed by atoms with Crippen molar-refractivity contribution in [3.8, 4) is 5.75 Å². The number of rotatable bonds is 5. The lowest BCUT2D eigenvalue weighted by atomic mass is 10.0. The average Bonchev–Trinajstić information content (AvgIpc) is 2.59. The highest BCUT2D eigenvalue weighted by Gasteiger charge is 2.16. The Balaban J connectivity index is 2.30. The van der Waals surface area contributed by atoms with E-state index in [2.05, 4.69) is 26.8 Å². The molecule has 0 radical (unpaired) electrons. The summed E-state index contributed by atoms with van der Waals surface area (Å²) in [5, 5.41) is 11.3. The van der Waals surface area contributed by atoms with E-state index in [1.807, 2.05) is 37.3 Å². The highest BCUT2D eigenvalue weighted by Crippen LogP contribution is 2.28. The molecule has 0 aliphatic rings. The van der Waals surface area contributed by atoms with E-state index in [0.29, 0.717) is 18.2 Å². The first kappa shape index (κ1) is 19.2. The van der Waals surface area contributed by atoms with Gasteiger partial charge in [-0.3, -0.25) is 5.21 Å². The van der Waals surface area contributed by atoms with Crippen LogP contribution < -0.4 is 9.80 Å². The first-order valence-electron chi connectivity index (χ1n) is 8.23. The average molecular weight is 359 g/mol. The predicted octanol–water partition coefficient (Wildman–Crippen LogP) is 5.13. The van der Waals surface area contributed by atoms with E-state index < -0.39 is 0 Å². The third kappa shape index (κ3) is 4.71. The van der Waals surface area contributed by atoms with Crippen LogP contribution in [0.15, 0.2) is 36.4 Å². The van der Waals surface area contributed by atoms with Crippen LogP contribution in [0.25, 0.3) is 0 Å². The summed E-state index contributed by atoms with van der Waals surface area (Å²) in [6.07, 6.45) is 0. The third-order valence-corrected chi connectivity index (χ3v) is 4.40. The summed E-state index contributed by atoms with van der Waals surface area (Å²) in [5.41, 5.74) is 4.77. The van der Waals surface area contributed by atoms with Gasteiger partial charge < -0.3 is 9.47 Å². The van der Waals surface area contributed by atoms with Gasteiger partial charge in [-0.15, -0.1) is 0 Å². The molecule has 0 aliphatic heterocycles. The van der Waals surface area contributed by atoms with Gasteiger partial charge in [0, 0.05) is 5.56 Å². The summed E-state index contributed by atoms with van der Waals surface area (Å²) in [4.78, 5) is 0. The number of hydroxylamine groups is 1. The molecule has 0 saturated heterocycles. The van der Waals surface area contributed by atoms with E-state index in [1.54, 1.807) is 0 Å². The molecule has 2 rings (SSSR count). The second-order valence-electron chi connectivity index (χ2n) is 6.38. The fourth-order valence-electron chi connectivity index (χ4n) is 2.56. The molecule has 0 spiro atoms. The van der Waals surface area contributed by atoms with Crippen LogP contribution in [0.1, 0.15) is 42.0 Å². The molecule has 0 aliphatic carbocycles. The maximum atomic E-state index is 10.4. The summed E-state index contributed by atoms with van der Waals surface area (Å²) in [6.45, 7) is 8.59. The van der Waals surface area contributed by atoms with Gasteiger partial charge in [0.1, 0.15) is 12.4 Å². The van der Waals surface area contributed by atoms with Gasteiger partial charge in [-0.2, -0.15) is 5.06 Å². The number of benzene rings is 2. The number of hydrogen-bond acceptors (Lipinski definition) is 4. The number of methoxy groups -OCH3 is 1. The van der Waals surface area contributed by atoms with Crippen LogP contribution in [0.3, 0.4) is 0 Å². The molecule has 0 saturated carbocycles. The molecule has 0 atom stereocenters. The molecule has 0 unspecified atom stereocenters. The summed E-state index contributed by atoms with van der Waals surface area (Å²) in [7, 11) is 1.43. The van der Waals surface area contributed by atoms with Crippen molar-refractivity contribution in [1.29, 1.82) is 0 Å². The van der Waals surface area contributed by atoms with Crippen molar-refractivity contribution >= 4 is 23.1 Å². The van der Waals surface area contributed by atoms with Crippen molar-refractivity contribution in [1.82, 2.24) is 0 Å². The number of anilines is 1. The number of ether oxygens (including phenoxy) is 2. The van der Waals surface area contributed by atoms with E-state index in [9.17, 15) is 5.21 Å². The Morgan fingerprint density at radius 3 is 2.48 bits per heavy atom. The smallest absolute Gasteiger partial charge is 0.288 e. The summed E-state index contributed by atoms with van der Waals surface area (Å²) >= 11 is 5.05. The Morgan fingerprint density at radius 2 is 1.88 bits per heavy atom. The van der Waals surface area contributed by atoms with Crippen molar-refractivity contribution < 1.29 is 14.7 Å². The minimum Gasteiger partial charge on any atom is -0.489 e. The van der Waals surface area contributed by atoms with Gasteiger partial charge in [0.25, 0.3) is 5.17 Å². The molecule has 0 heterocycles. The lowest BCUT2D eigenvalue weighted by Crippen LogP contribution is -2.27. The Morgan fingerprint density at radius 1 is 1.16 bits per heavy atom. The fraction of sp³-hybridized carbons (Fsp3) is 0.350. The highest BCUT2D eigenvalue weighted by atomic mass is 32.1. The van der Waals surface area contributed by atoms with Crippen LogP contribution in [0.5, 0.6) is 5.75 Å². The van der Waals surface area contributed by atoms with Gasteiger partial charge >= 0.3 is 0 Å². The molecule has 2 aromatic rings. The topological polar surface area (TPSA) is 41.9 Å². The summed E-state index contributed by atoms with van der Waals surface area (Å²) in [6, 6.07) is 12.0. The molecular formula is C20H25NO3S. The normalized spacial score (nSPS) is 10.7. The van der Waals surface area contributed by atoms with E-state index in [4.69, 9.17) is 21.7 Å². The number of nitrogens with zero attached hydrogens (tertiary/aromatic N) is 1. The lowest BCUT2D eigenvalue weighted by molar-refractivity contribution is 0.264. The number of aryl methyl sites for hydroxylation is 2. The number of thiocarbonyl (C=S) groups is 1. The Hall–Kier alpha value is -2.11. The molecule has 4 nitrogen and oxygen atoms in total. The van der Waals surface area contributed by atoms with E-state index in [1.165, 1.54) is 12.7 Å². The monoisotopic (exact) mass is 359 g/mol. The Bertz CT molecular complexity index is 759. The highest BCUT2D eigenvalue weighted by molar-refractivity contribution is 7.80. The van der Waals surface area contributed by atoms with E-state index in [-0.39, 0.29) is 5.17 Å². The van der Waals surface area contributed by atoms with Gasteiger partial charge in [-0.05, 0) is 55.2 Å². The van der Waals surface area contributed by atoms with Crippen molar-refractivity contribution in [3.63, 3.8) is 0 Å². The minimum atomic E-state index is -0.00586. The second kappa shape index (κ2) is 8.32. The zero-order chi connectivity index (χ0) is 18.6. The van der Waals surface area contributed by atoms with Gasteiger partial charge in [0.15, 0.2) is 0 Å². The van der Waals surface area contributed by atoms with Crippen LogP contribution >= 0.6 is 12.2 Å². The van der Waals surface area contributed by atoms with Crippen molar-refractivity contribution in [3.05, 3.63) is 58.7 Å². The molecule has 0 amide bonds. The molecule has 2 aromatic carbocycles. The first-order chi connectivity index (χ1) is 11.8. The zero-order valence-corrected chi connectivity index (χ0v) is 16.2. The first-order valence-corrected chi connectivity index (χ1v) is 8.64. The van der Waals surface area contributed by atoms with Crippen molar-refractivity contribution in [2.45, 2.75) is 40.2 Å². The van der Waals surface area contributed by atoms with Gasteiger partial charge in [-0.25, -0.2) is 0 Å². The maximum absolute atomic E-state index is 10.4. The summed E-state index contributed by atoms with van der Waals surface area (Å²) in [5.74, 6) is 1.15. The molecule has 0 aromatic heterocycles. The lowest BCUT2D eigenvalue weighted by Gasteiger charge is -2.21. The van der Waals surface area contributed by atoms with E-state index in [0.717, 1.165) is 27.5 Å². The standard InChI is InChI=1S/C20H25NO3S/c1-13(2)16-7-8-17(18(11-16)21(22)20(25)23-5)12-24-19-9-6-14(3)10-15(19)4/h6-11,13,22H,12H2,1-5H3. The van der Waals surface area contributed by atoms with Crippen LogP contribution in [0.4, 0.5) is 5.69 Å². The Kier molecular flexibility index (Phi) is 6.39. The molecule has 134 valence electrons. The fourth-order valence-corrected chi connectivity index (χ4v) is 2.66. The van der Waals surface area contributed by atoms with Gasteiger partial charge in [-0.1, -0.05) is 43.7 Å². The number of hydrogen-bond donors (Lipinski definition) is 1. The molecule has 5 heteroatoms. The predicted molar refractivity (Wildman–Crippen MR) is 105 cm³/mol. The largest absolute Gasteiger partial charge is 0.489 e. The molecule has 1 N–H and O–H groups in total. The van der Waals surface area contributed by atoms with Gasteiger partial charge in [0.05, 0.1) is 12.8 Å². The van der Waals surface area contributed by atoms with Crippen molar-refractivity contribution in [2.24, 2.45) is 0 Å². The Labute approximate surface area is 155 Å². The van der Waals surface area contributed by atoms with E-state index >= 15 is 0 Å². The maximum Gasteiger partial charge on any atom is 0.288 e. The van der Waals surface area contributed by atoms with Crippen molar-refractivity contribution in [2.75, 3.05) is 12.2 Å². The van der Waals surface area contributed by atoms with Crippen LogP contribution in [-0.2, 0) is 11.3 Å². The SMILES string of the molecule is COC(=S)N(O)c1cc(C(C)C)ccc1COc1ccc(C)cc1C. The molecule has 25 heavy (non-hydrogen) atoms. The van der Waals surface area contributed by atoms with Crippen LogP contribution in [0.2, 0.25) is 0 Å². The molecular weight excluding hydrogens is 334 g/mol. The second-order valence-corrected chi connectivity index (χ2v) is 6.73. The van der Waals surface area contributed by atoms with Crippen LogP contribution in [0, 0.1) is 13.8 Å². The van der Waals surface area contributed by atoms with Gasteiger partial charge in [0.2, 0.25) is 0 Å². The zero-order valence-electron chi connectivity index (χ0n) is 15.4. The molecule has 0 bridgehead atoms. The molecule has 0 fully saturated rings. The summed E-state index contributed by atoms with van der Waals surface area (Å²) < 4.78 is 10.9. The third-order valence-electron chi connectivity index (χ3n) is 4.07.